The van der Waals surface area contributed by atoms with Gasteiger partial charge < -0.3 is 9.64 Å². The third-order valence-electron chi connectivity index (χ3n) is 8.41. The van der Waals surface area contributed by atoms with Crippen LogP contribution in [0.4, 0.5) is 11.4 Å². The summed E-state index contributed by atoms with van der Waals surface area (Å²) in [6.45, 7) is 4.19. The first-order valence-electron chi connectivity index (χ1n) is 12.4. The van der Waals surface area contributed by atoms with Gasteiger partial charge in [-0.05, 0) is 80.3 Å². The highest BCUT2D eigenvalue weighted by atomic mass is 16.5. The van der Waals surface area contributed by atoms with Gasteiger partial charge in [0, 0.05) is 18.7 Å². The molecule has 4 fully saturated rings. The van der Waals surface area contributed by atoms with Crippen LogP contribution < -0.4 is 14.5 Å². The number of anilines is 2. The summed E-state index contributed by atoms with van der Waals surface area (Å²) in [5.41, 5.74) is 3.36. The minimum atomic E-state index is -0.558. The Balaban J connectivity index is 1.14. The second-order valence-electron chi connectivity index (χ2n) is 10.5. The second kappa shape index (κ2) is 8.04. The van der Waals surface area contributed by atoms with Crippen molar-refractivity contribution in [1.29, 1.82) is 0 Å². The first-order chi connectivity index (χ1) is 16.8. The fraction of sp³-hybridized carbons (Fsp3) is 0.429. The van der Waals surface area contributed by atoms with E-state index in [0.29, 0.717) is 23.3 Å². The first kappa shape index (κ1) is 22.0. The summed E-state index contributed by atoms with van der Waals surface area (Å²) in [4.78, 5) is 54.6. The largest absolute Gasteiger partial charge is 0.426 e. The molecule has 2 aromatic rings. The third-order valence-corrected chi connectivity index (χ3v) is 8.41. The molecule has 2 aromatic carbocycles. The number of aryl methyl sites for hydroxylation is 2. The Kier molecular flexibility index (Phi) is 5.06. The van der Waals surface area contributed by atoms with Gasteiger partial charge in [-0.25, -0.2) is 0 Å². The molecule has 2 aliphatic carbocycles. The van der Waals surface area contributed by atoms with Crippen LogP contribution in [0, 0.1) is 43.4 Å². The molecule has 0 spiro atoms. The minimum Gasteiger partial charge on any atom is -0.426 e. The number of imide groups is 1. The molecule has 7 nitrogen and oxygen atoms in total. The van der Waals surface area contributed by atoms with Gasteiger partial charge in [-0.15, -0.1) is 0 Å². The average molecular weight is 473 g/mol. The van der Waals surface area contributed by atoms with Gasteiger partial charge >= 0.3 is 5.97 Å². The summed E-state index contributed by atoms with van der Waals surface area (Å²) in [5, 5.41) is 0. The van der Waals surface area contributed by atoms with Crippen molar-refractivity contribution in [2.75, 3.05) is 16.3 Å². The summed E-state index contributed by atoms with van der Waals surface area (Å²) < 4.78 is 5.58. The van der Waals surface area contributed by atoms with Crippen molar-refractivity contribution in [3.05, 3.63) is 53.6 Å². The van der Waals surface area contributed by atoms with Gasteiger partial charge in [-0.1, -0.05) is 18.2 Å². The number of amides is 3. The van der Waals surface area contributed by atoms with Crippen LogP contribution in [0.3, 0.4) is 0 Å². The molecule has 7 heteroatoms. The van der Waals surface area contributed by atoms with E-state index in [0.717, 1.165) is 36.1 Å². The first-order valence-corrected chi connectivity index (χ1v) is 12.4. The van der Waals surface area contributed by atoms with E-state index in [1.54, 1.807) is 29.2 Å². The van der Waals surface area contributed by atoms with Gasteiger partial charge in [0.1, 0.15) is 5.75 Å². The van der Waals surface area contributed by atoms with Crippen molar-refractivity contribution in [3.63, 3.8) is 0 Å². The van der Waals surface area contributed by atoms with E-state index in [-0.39, 0.29) is 42.5 Å². The number of rotatable bonds is 4. The topological polar surface area (TPSA) is 84.0 Å². The molecule has 4 aliphatic rings. The summed E-state index contributed by atoms with van der Waals surface area (Å²) in [5.74, 6) is -0.621. The molecule has 2 bridgehead atoms. The minimum absolute atomic E-state index is 0.0898. The Morgan fingerprint density at radius 3 is 2.09 bits per heavy atom. The van der Waals surface area contributed by atoms with Crippen molar-refractivity contribution in [2.24, 2.45) is 29.6 Å². The fourth-order valence-electron chi connectivity index (χ4n) is 6.84. The maximum Gasteiger partial charge on any atom is 0.316 e. The molecule has 2 aliphatic heterocycles. The Labute approximate surface area is 204 Å². The molecule has 0 N–H and O–H groups in total. The Hall–Kier alpha value is -3.48. The highest BCUT2D eigenvalue weighted by Crippen LogP contribution is 2.56. The molecule has 2 saturated carbocycles. The van der Waals surface area contributed by atoms with Gasteiger partial charge in [0.05, 0.1) is 23.4 Å². The number of fused-ring (bicyclic) bond motifs is 5. The fourth-order valence-corrected chi connectivity index (χ4v) is 6.84. The van der Waals surface area contributed by atoms with Crippen LogP contribution in [0.15, 0.2) is 42.5 Å². The standard InChI is InChI=1S/C28H28N2O5/c1-15-4-3-5-16(2)25(15)29-14-19(13-22(29)31)28(34)35-21-10-8-20(9-11-21)30-26(32)23-17-6-7-18(12-17)24(23)27(30)33/h3-5,8-11,17-19,23-24H,6-7,12-14H2,1-2H3/t17-,18-,19+,23-,24+/m0/s1. The number of nitrogens with zero attached hydrogens (tertiary/aromatic N) is 2. The maximum absolute atomic E-state index is 13.0. The average Bonchev–Trinajstić information content (AvgIpc) is 3.59. The summed E-state index contributed by atoms with van der Waals surface area (Å²) >= 11 is 0. The molecular formula is C28H28N2O5. The Morgan fingerprint density at radius 1 is 0.886 bits per heavy atom. The SMILES string of the molecule is Cc1cccc(C)c1N1C[C@H](C(=O)Oc2ccc(N3C(=O)[C@@H]4[C@H]5CC[C@@H](C5)[C@@H]4C3=O)cc2)CC1=O. The van der Waals surface area contributed by atoms with E-state index in [2.05, 4.69) is 0 Å². The van der Waals surface area contributed by atoms with Crippen LogP contribution in [0.1, 0.15) is 36.8 Å². The van der Waals surface area contributed by atoms with Crippen molar-refractivity contribution in [1.82, 2.24) is 0 Å². The maximum atomic E-state index is 13.0. The lowest BCUT2D eigenvalue weighted by Gasteiger charge is -2.21. The van der Waals surface area contributed by atoms with E-state index in [1.165, 1.54) is 4.90 Å². The van der Waals surface area contributed by atoms with Gasteiger partial charge in [-0.3, -0.25) is 24.1 Å². The smallest absolute Gasteiger partial charge is 0.316 e. The lowest BCUT2D eigenvalue weighted by Crippen LogP contribution is -2.32. The number of hydrogen-bond acceptors (Lipinski definition) is 5. The molecule has 35 heavy (non-hydrogen) atoms. The van der Waals surface area contributed by atoms with Crippen LogP contribution in [0.5, 0.6) is 5.75 Å². The third kappa shape index (κ3) is 3.39. The summed E-state index contributed by atoms with van der Waals surface area (Å²) in [6, 6.07) is 12.4. The van der Waals surface area contributed by atoms with Crippen LogP contribution in [-0.4, -0.2) is 30.2 Å². The molecule has 0 aromatic heterocycles. The Morgan fingerprint density at radius 2 is 1.49 bits per heavy atom. The normalized spacial score (nSPS) is 29.3. The molecule has 3 amide bonds. The molecule has 180 valence electrons. The lowest BCUT2D eigenvalue weighted by molar-refractivity contribution is -0.139. The molecule has 6 rings (SSSR count). The van der Waals surface area contributed by atoms with Crippen LogP contribution in [0.25, 0.3) is 0 Å². The molecular weight excluding hydrogens is 444 g/mol. The van der Waals surface area contributed by atoms with Gasteiger partial charge in [0.15, 0.2) is 0 Å². The number of carbonyl (C=O) groups excluding carboxylic acids is 4. The van der Waals surface area contributed by atoms with Crippen molar-refractivity contribution < 1.29 is 23.9 Å². The van der Waals surface area contributed by atoms with E-state index in [9.17, 15) is 19.2 Å². The number of ether oxygens (including phenoxy) is 1. The summed E-state index contributed by atoms with van der Waals surface area (Å²) in [6.07, 6.45) is 3.18. The number of hydrogen-bond donors (Lipinski definition) is 0. The van der Waals surface area contributed by atoms with Gasteiger partial charge in [-0.2, -0.15) is 0 Å². The van der Waals surface area contributed by atoms with E-state index in [1.807, 2.05) is 32.0 Å². The van der Waals surface area contributed by atoms with E-state index in [4.69, 9.17) is 4.74 Å². The van der Waals surface area contributed by atoms with Crippen LogP contribution in [0.2, 0.25) is 0 Å². The quantitative estimate of drug-likeness (QED) is 0.384. The number of para-hydroxylation sites is 1. The highest BCUT2D eigenvalue weighted by molar-refractivity contribution is 6.22. The zero-order chi connectivity index (χ0) is 24.4. The number of benzene rings is 2. The highest BCUT2D eigenvalue weighted by Gasteiger charge is 2.61. The second-order valence-corrected chi connectivity index (χ2v) is 10.5. The van der Waals surface area contributed by atoms with Gasteiger partial charge in [0.25, 0.3) is 0 Å². The molecule has 0 unspecified atom stereocenters. The van der Waals surface area contributed by atoms with Crippen LogP contribution in [-0.2, 0) is 19.2 Å². The zero-order valence-electron chi connectivity index (χ0n) is 19.9. The molecule has 5 atom stereocenters. The number of carbonyl (C=O) groups is 4. The van der Waals surface area contributed by atoms with Crippen molar-refractivity contribution in [3.8, 4) is 5.75 Å². The monoisotopic (exact) mass is 472 g/mol. The lowest BCUT2D eigenvalue weighted by atomic mass is 9.81. The summed E-state index contributed by atoms with van der Waals surface area (Å²) in [7, 11) is 0. The molecule has 2 saturated heterocycles. The van der Waals surface area contributed by atoms with E-state index >= 15 is 0 Å². The van der Waals surface area contributed by atoms with Crippen molar-refractivity contribution >= 4 is 35.1 Å². The molecule has 0 radical (unpaired) electrons. The predicted octanol–water partition coefficient (Wildman–Crippen LogP) is 3.80. The predicted molar refractivity (Wildman–Crippen MR) is 129 cm³/mol. The van der Waals surface area contributed by atoms with Crippen molar-refractivity contribution in [2.45, 2.75) is 39.5 Å². The number of esters is 1. The van der Waals surface area contributed by atoms with Crippen LogP contribution >= 0.6 is 0 Å². The zero-order valence-corrected chi connectivity index (χ0v) is 19.9. The van der Waals surface area contributed by atoms with Gasteiger partial charge in [0.2, 0.25) is 17.7 Å². The Bertz CT molecular complexity index is 1200. The van der Waals surface area contributed by atoms with E-state index < -0.39 is 11.9 Å². The molecule has 2 heterocycles.